The molecule has 1 aliphatic heterocycles. The highest BCUT2D eigenvalue weighted by molar-refractivity contribution is 5.84. The first-order valence-electron chi connectivity index (χ1n) is 6.02. The Morgan fingerprint density at radius 1 is 1.45 bits per heavy atom. The number of hydrogen-bond acceptors (Lipinski definition) is 7. The maximum atomic E-state index is 12.0. The number of H-pyrrole nitrogens is 1. The summed E-state index contributed by atoms with van der Waals surface area (Å²) >= 11 is 0. The summed E-state index contributed by atoms with van der Waals surface area (Å²) in [5.41, 5.74) is 5.76. The molecule has 0 unspecified atom stereocenters. The van der Waals surface area contributed by atoms with Crippen molar-refractivity contribution in [3.05, 3.63) is 22.7 Å². The summed E-state index contributed by atoms with van der Waals surface area (Å²) in [6.07, 6.45) is -3.17. The first-order chi connectivity index (χ1) is 9.54. The number of nitrogen functional groups attached to an aromatic ring is 1. The lowest BCUT2D eigenvalue weighted by Gasteiger charge is -2.18. The minimum absolute atomic E-state index is 0.0398. The van der Waals surface area contributed by atoms with Crippen molar-refractivity contribution in [2.24, 2.45) is 0 Å². The van der Waals surface area contributed by atoms with Crippen LogP contribution >= 0.6 is 0 Å². The van der Waals surface area contributed by atoms with Gasteiger partial charge >= 0.3 is 5.69 Å². The van der Waals surface area contributed by atoms with E-state index >= 15 is 0 Å². The molecule has 2 aromatic rings. The van der Waals surface area contributed by atoms with E-state index in [1.165, 1.54) is 0 Å². The van der Waals surface area contributed by atoms with Crippen LogP contribution in [0.3, 0.4) is 0 Å². The Balaban J connectivity index is 2.16. The van der Waals surface area contributed by atoms with Crippen molar-refractivity contribution < 1.29 is 20.1 Å². The number of nitrogens with two attached hydrogens (primary N) is 1. The number of anilines is 1. The van der Waals surface area contributed by atoms with Crippen LogP contribution in [0.15, 0.2) is 17.1 Å². The number of nitrogens with zero attached hydrogens (tertiary/aromatic N) is 2. The predicted molar refractivity (Wildman–Crippen MR) is 67.8 cm³/mol. The Kier molecular flexibility index (Phi) is 2.98. The Morgan fingerprint density at radius 2 is 2.20 bits per heavy atom. The fraction of sp³-hybridized carbons (Fsp3) is 0.455. The van der Waals surface area contributed by atoms with Crippen LogP contribution in [0.25, 0.3) is 11.0 Å². The van der Waals surface area contributed by atoms with Crippen LogP contribution in [0.5, 0.6) is 0 Å². The first kappa shape index (κ1) is 13.1. The molecule has 0 radical (unpaired) electrons. The minimum atomic E-state index is -1.35. The molecular formula is C11H14N4O5. The third-order valence-corrected chi connectivity index (χ3v) is 3.43. The van der Waals surface area contributed by atoms with Crippen LogP contribution in [0, 0.1) is 0 Å². The lowest BCUT2D eigenvalue weighted by Crippen LogP contribution is -2.36. The van der Waals surface area contributed by atoms with E-state index in [2.05, 4.69) is 9.97 Å². The fourth-order valence-electron chi connectivity index (χ4n) is 2.42. The smallest absolute Gasteiger partial charge is 0.352 e. The Morgan fingerprint density at radius 3 is 2.85 bits per heavy atom. The molecule has 0 spiro atoms. The molecule has 3 rings (SSSR count). The molecule has 4 atom stereocenters. The Bertz CT molecular complexity index is 696. The van der Waals surface area contributed by atoms with E-state index < -0.39 is 36.8 Å². The standard InChI is InChI=1S/C11H14N4O5/c12-9-6-4(1-2-13-6)15(11(19)14-9)10-8(18)7(17)5(3-16)20-10/h1-2,5,7-8,10,13,16-18H,3H2,(H2,12,14,19)/t5-,7-,8+,10-/m1/s1. The van der Waals surface area contributed by atoms with E-state index in [0.29, 0.717) is 11.0 Å². The van der Waals surface area contributed by atoms with Gasteiger partial charge in [0.2, 0.25) is 0 Å². The number of rotatable bonds is 2. The van der Waals surface area contributed by atoms with E-state index in [9.17, 15) is 15.0 Å². The van der Waals surface area contributed by atoms with Gasteiger partial charge < -0.3 is 30.8 Å². The second-order valence-electron chi connectivity index (χ2n) is 4.62. The van der Waals surface area contributed by atoms with E-state index in [-0.39, 0.29) is 5.82 Å². The van der Waals surface area contributed by atoms with Gasteiger partial charge in [-0.05, 0) is 6.07 Å². The highest BCUT2D eigenvalue weighted by Gasteiger charge is 2.44. The number of aromatic amines is 1. The number of fused-ring (bicyclic) bond motifs is 1. The van der Waals surface area contributed by atoms with Crippen LogP contribution < -0.4 is 11.4 Å². The molecule has 0 amide bonds. The molecule has 20 heavy (non-hydrogen) atoms. The van der Waals surface area contributed by atoms with Crippen molar-refractivity contribution in [1.29, 1.82) is 0 Å². The van der Waals surface area contributed by atoms with Gasteiger partial charge in [0.15, 0.2) is 12.0 Å². The number of aliphatic hydroxyl groups excluding tert-OH is 3. The van der Waals surface area contributed by atoms with E-state index in [0.717, 1.165) is 4.57 Å². The number of ether oxygens (including phenoxy) is 1. The molecule has 0 saturated carbocycles. The lowest BCUT2D eigenvalue weighted by molar-refractivity contribution is -0.0527. The second kappa shape index (κ2) is 4.56. The van der Waals surface area contributed by atoms with Crippen molar-refractivity contribution in [2.45, 2.75) is 24.5 Å². The first-order valence-corrected chi connectivity index (χ1v) is 6.02. The van der Waals surface area contributed by atoms with Gasteiger partial charge in [0.1, 0.15) is 23.8 Å². The zero-order valence-corrected chi connectivity index (χ0v) is 10.3. The summed E-state index contributed by atoms with van der Waals surface area (Å²) < 4.78 is 6.44. The molecule has 0 aliphatic carbocycles. The SMILES string of the molecule is Nc1nc(=O)n([C@@H]2O[C@H](CO)[C@@H](O)[C@@H]2O)c2cc[nH]c12. The van der Waals surface area contributed by atoms with Gasteiger partial charge in [0.25, 0.3) is 0 Å². The van der Waals surface area contributed by atoms with E-state index in [1.54, 1.807) is 12.3 Å². The molecule has 2 aromatic heterocycles. The van der Waals surface area contributed by atoms with Gasteiger partial charge in [0.05, 0.1) is 12.1 Å². The number of aliphatic hydroxyl groups is 3. The third-order valence-electron chi connectivity index (χ3n) is 3.43. The maximum Gasteiger partial charge on any atom is 0.352 e. The largest absolute Gasteiger partial charge is 0.394 e. The molecule has 0 aromatic carbocycles. The molecule has 9 heteroatoms. The average Bonchev–Trinajstić information content (AvgIpc) is 2.99. The molecule has 3 heterocycles. The van der Waals surface area contributed by atoms with Crippen molar-refractivity contribution in [3.8, 4) is 0 Å². The predicted octanol–water partition coefficient (Wildman–Crippen LogP) is -2.08. The van der Waals surface area contributed by atoms with Gasteiger partial charge in [-0.1, -0.05) is 0 Å². The number of aromatic nitrogens is 3. The van der Waals surface area contributed by atoms with Gasteiger partial charge in [-0.3, -0.25) is 4.57 Å². The summed E-state index contributed by atoms with van der Waals surface area (Å²) in [6, 6.07) is 1.59. The number of hydrogen-bond donors (Lipinski definition) is 5. The van der Waals surface area contributed by atoms with Crippen LogP contribution in [0.4, 0.5) is 5.82 Å². The Labute approximate surface area is 112 Å². The summed E-state index contributed by atoms with van der Waals surface area (Å²) in [7, 11) is 0. The van der Waals surface area contributed by atoms with Crippen molar-refractivity contribution in [2.75, 3.05) is 12.3 Å². The minimum Gasteiger partial charge on any atom is -0.394 e. The second-order valence-corrected chi connectivity index (χ2v) is 4.62. The summed E-state index contributed by atoms with van der Waals surface area (Å²) in [5.74, 6) is 0.0398. The summed E-state index contributed by atoms with van der Waals surface area (Å²) in [6.45, 7) is -0.470. The molecule has 1 fully saturated rings. The van der Waals surface area contributed by atoms with E-state index in [1.807, 2.05) is 0 Å². The number of nitrogens with one attached hydrogen (secondary N) is 1. The summed E-state index contributed by atoms with van der Waals surface area (Å²) in [4.78, 5) is 18.5. The van der Waals surface area contributed by atoms with Crippen molar-refractivity contribution in [3.63, 3.8) is 0 Å². The molecule has 9 nitrogen and oxygen atoms in total. The normalized spacial score (nSPS) is 30.1. The van der Waals surface area contributed by atoms with Gasteiger partial charge in [-0.15, -0.1) is 0 Å². The molecule has 0 bridgehead atoms. The van der Waals surface area contributed by atoms with Crippen molar-refractivity contribution in [1.82, 2.24) is 14.5 Å². The monoisotopic (exact) mass is 282 g/mol. The van der Waals surface area contributed by atoms with Crippen LogP contribution in [-0.2, 0) is 4.74 Å². The van der Waals surface area contributed by atoms with Crippen LogP contribution in [0.2, 0.25) is 0 Å². The quantitative estimate of drug-likeness (QED) is 0.424. The third kappa shape index (κ3) is 1.72. The summed E-state index contributed by atoms with van der Waals surface area (Å²) in [5, 5.41) is 28.8. The lowest BCUT2D eigenvalue weighted by atomic mass is 10.1. The van der Waals surface area contributed by atoms with Crippen molar-refractivity contribution >= 4 is 16.9 Å². The molecule has 108 valence electrons. The Hall–Kier alpha value is -1.94. The highest BCUT2D eigenvalue weighted by atomic mass is 16.6. The van der Waals surface area contributed by atoms with Crippen LogP contribution in [-0.4, -0.2) is 54.8 Å². The average molecular weight is 282 g/mol. The molecular weight excluding hydrogens is 268 g/mol. The van der Waals surface area contributed by atoms with Crippen LogP contribution in [0.1, 0.15) is 6.23 Å². The van der Waals surface area contributed by atoms with E-state index in [4.69, 9.17) is 15.6 Å². The fourth-order valence-corrected chi connectivity index (χ4v) is 2.42. The van der Waals surface area contributed by atoms with Gasteiger partial charge in [0, 0.05) is 6.20 Å². The zero-order chi connectivity index (χ0) is 14.4. The molecule has 1 saturated heterocycles. The highest BCUT2D eigenvalue weighted by Crippen LogP contribution is 2.30. The topological polar surface area (TPSA) is 147 Å². The van der Waals surface area contributed by atoms with Gasteiger partial charge in [-0.25, -0.2) is 4.79 Å². The van der Waals surface area contributed by atoms with Gasteiger partial charge in [-0.2, -0.15) is 4.98 Å². The molecule has 1 aliphatic rings. The maximum absolute atomic E-state index is 12.0. The molecule has 6 N–H and O–H groups in total. The zero-order valence-electron chi connectivity index (χ0n) is 10.3.